The molecule has 2 heterocycles. The SMILES string of the molecule is CCOn1cccc(S(=O)(=O)NC(=O)Nc2nc(OC)cc(OC)n2)c1=O. The fourth-order valence-electron chi connectivity index (χ4n) is 1.87. The number of carbonyl (C=O) groups excluding carboxylic acids is 1. The third-order valence-electron chi connectivity index (χ3n) is 2.99. The van der Waals surface area contributed by atoms with E-state index in [0.29, 0.717) is 0 Å². The molecule has 0 atom stereocenters. The lowest BCUT2D eigenvalue weighted by Gasteiger charge is -2.10. The summed E-state index contributed by atoms with van der Waals surface area (Å²) in [6.45, 7) is 1.77. The zero-order valence-corrected chi connectivity index (χ0v) is 15.4. The molecule has 27 heavy (non-hydrogen) atoms. The molecule has 0 saturated heterocycles. The summed E-state index contributed by atoms with van der Waals surface area (Å²) in [6, 6.07) is 2.51. The number of nitrogens with one attached hydrogen (secondary N) is 2. The monoisotopic (exact) mass is 399 g/mol. The van der Waals surface area contributed by atoms with Crippen molar-refractivity contribution in [2.75, 3.05) is 26.1 Å². The average molecular weight is 399 g/mol. The van der Waals surface area contributed by atoms with Gasteiger partial charge in [-0.15, -0.1) is 0 Å². The minimum Gasteiger partial charge on any atom is -0.481 e. The van der Waals surface area contributed by atoms with Gasteiger partial charge in [0.15, 0.2) is 4.90 Å². The first kappa shape index (κ1) is 20.0. The van der Waals surface area contributed by atoms with E-state index in [1.165, 1.54) is 32.5 Å². The number of methoxy groups -OCH3 is 2. The van der Waals surface area contributed by atoms with E-state index in [-0.39, 0.29) is 24.3 Å². The van der Waals surface area contributed by atoms with E-state index in [4.69, 9.17) is 14.3 Å². The summed E-state index contributed by atoms with van der Waals surface area (Å²) >= 11 is 0. The van der Waals surface area contributed by atoms with Crippen molar-refractivity contribution in [1.29, 1.82) is 0 Å². The van der Waals surface area contributed by atoms with Crippen molar-refractivity contribution in [2.24, 2.45) is 0 Å². The fraction of sp³-hybridized carbons (Fsp3) is 0.286. The highest BCUT2D eigenvalue weighted by Gasteiger charge is 2.23. The van der Waals surface area contributed by atoms with Crippen molar-refractivity contribution in [3.05, 3.63) is 34.7 Å². The van der Waals surface area contributed by atoms with Gasteiger partial charge in [-0.2, -0.15) is 14.7 Å². The van der Waals surface area contributed by atoms with Gasteiger partial charge < -0.3 is 14.3 Å². The van der Waals surface area contributed by atoms with Gasteiger partial charge in [0.1, 0.15) is 6.61 Å². The van der Waals surface area contributed by atoms with Crippen molar-refractivity contribution in [2.45, 2.75) is 11.8 Å². The van der Waals surface area contributed by atoms with Crippen LogP contribution in [0.2, 0.25) is 0 Å². The van der Waals surface area contributed by atoms with E-state index in [1.807, 2.05) is 0 Å². The zero-order chi connectivity index (χ0) is 20.0. The maximum atomic E-state index is 12.3. The lowest BCUT2D eigenvalue weighted by atomic mass is 10.5. The number of amides is 2. The summed E-state index contributed by atoms with van der Waals surface area (Å²) < 4.78 is 36.9. The molecule has 2 rings (SSSR count). The molecule has 2 aromatic heterocycles. The number of rotatable bonds is 7. The number of pyridine rings is 1. The maximum Gasteiger partial charge on any atom is 0.335 e. The molecule has 146 valence electrons. The second-order valence-electron chi connectivity index (χ2n) is 4.76. The number of ether oxygens (including phenoxy) is 2. The van der Waals surface area contributed by atoms with Crippen LogP contribution in [-0.4, -0.2) is 50.0 Å². The number of hydrogen-bond donors (Lipinski definition) is 2. The summed E-state index contributed by atoms with van der Waals surface area (Å²) in [5, 5.41) is 2.12. The molecule has 0 spiro atoms. The van der Waals surface area contributed by atoms with Crippen molar-refractivity contribution in [3.8, 4) is 11.8 Å². The largest absolute Gasteiger partial charge is 0.481 e. The van der Waals surface area contributed by atoms with Crippen molar-refractivity contribution < 1.29 is 27.5 Å². The predicted molar refractivity (Wildman–Crippen MR) is 92.3 cm³/mol. The summed E-state index contributed by atoms with van der Waals surface area (Å²) in [7, 11) is -1.79. The Hall–Kier alpha value is -3.35. The number of sulfonamides is 1. The zero-order valence-electron chi connectivity index (χ0n) is 14.6. The Kier molecular flexibility index (Phi) is 6.18. The van der Waals surface area contributed by atoms with Crippen LogP contribution < -0.4 is 29.9 Å². The molecule has 13 heteroatoms. The Balaban J connectivity index is 2.23. The number of carbonyl (C=O) groups is 1. The summed E-state index contributed by atoms with van der Waals surface area (Å²) in [4.78, 5) is 36.1. The Morgan fingerprint density at radius 2 is 1.85 bits per heavy atom. The number of aromatic nitrogens is 3. The predicted octanol–water partition coefficient (Wildman–Crippen LogP) is -0.386. The van der Waals surface area contributed by atoms with Crippen molar-refractivity contribution >= 4 is 22.0 Å². The molecule has 0 aromatic carbocycles. The third kappa shape index (κ3) is 4.84. The summed E-state index contributed by atoms with van der Waals surface area (Å²) in [5.74, 6) is -0.0935. The Morgan fingerprint density at radius 1 is 1.22 bits per heavy atom. The first-order valence-electron chi connectivity index (χ1n) is 7.46. The van der Waals surface area contributed by atoms with Crippen LogP contribution in [0, 0.1) is 0 Å². The summed E-state index contributed by atoms with van der Waals surface area (Å²) in [6.07, 6.45) is 1.25. The van der Waals surface area contributed by atoms with Crippen LogP contribution in [0.25, 0.3) is 0 Å². The Bertz CT molecular complexity index is 967. The van der Waals surface area contributed by atoms with Crippen LogP contribution in [0.5, 0.6) is 11.8 Å². The highest BCUT2D eigenvalue weighted by molar-refractivity contribution is 7.90. The second-order valence-corrected chi connectivity index (χ2v) is 6.41. The smallest absolute Gasteiger partial charge is 0.335 e. The molecule has 0 saturated carbocycles. The molecule has 0 radical (unpaired) electrons. The van der Waals surface area contributed by atoms with Gasteiger partial charge in [0.25, 0.3) is 10.0 Å². The number of nitrogens with zero attached hydrogens (tertiary/aromatic N) is 3. The fourth-order valence-corrected chi connectivity index (χ4v) is 2.86. The molecule has 0 aliphatic carbocycles. The van der Waals surface area contributed by atoms with E-state index in [2.05, 4.69) is 15.3 Å². The minimum atomic E-state index is -4.48. The molecular weight excluding hydrogens is 382 g/mol. The van der Waals surface area contributed by atoms with Gasteiger partial charge in [-0.1, -0.05) is 0 Å². The standard InChI is InChI=1S/C14H17N5O7S/c1-4-26-19-7-5-6-9(12(19)20)27(22,23)18-14(21)17-13-15-10(24-2)8-11(16-13)25-3/h5-8H,4H2,1-3H3,(H2,15,16,17,18,21). The third-order valence-corrected chi connectivity index (χ3v) is 4.33. The highest BCUT2D eigenvalue weighted by atomic mass is 32.2. The molecule has 0 aliphatic rings. The van der Waals surface area contributed by atoms with Gasteiger partial charge in [0, 0.05) is 6.20 Å². The topological polar surface area (TPSA) is 151 Å². The molecule has 2 N–H and O–H groups in total. The molecule has 0 unspecified atom stereocenters. The van der Waals surface area contributed by atoms with Gasteiger partial charge in [0.05, 0.1) is 20.3 Å². The molecule has 0 bridgehead atoms. The normalized spacial score (nSPS) is 10.8. The number of anilines is 1. The van der Waals surface area contributed by atoms with Gasteiger partial charge in [-0.25, -0.2) is 17.9 Å². The van der Waals surface area contributed by atoms with Crippen LogP contribution in [0.1, 0.15) is 6.92 Å². The van der Waals surface area contributed by atoms with Crippen molar-refractivity contribution in [1.82, 2.24) is 19.4 Å². The molecular formula is C14H17N5O7S. The van der Waals surface area contributed by atoms with Crippen LogP contribution >= 0.6 is 0 Å². The van der Waals surface area contributed by atoms with E-state index < -0.39 is 26.5 Å². The minimum absolute atomic E-state index is 0.0858. The van der Waals surface area contributed by atoms with Gasteiger partial charge >= 0.3 is 11.6 Å². The highest BCUT2D eigenvalue weighted by Crippen LogP contribution is 2.17. The first-order chi connectivity index (χ1) is 12.8. The van der Waals surface area contributed by atoms with Gasteiger partial charge in [0.2, 0.25) is 17.7 Å². The lowest BCUT2D eigenvalue weighted by Crippen LogP contribution is -2.39. The van der Waals surface area contributed by atoms with Gasteiger partial charge in [-0.05, 0) is 19.1 Å². The van der Waals surface area contributed by atoms with E-state index in [0.717, 1.165) is 10.8 Å². The van der Waals surface area contributed by atoms with Crippen LogP contribution in [0.15, 0.2) is 34.1 Å². The quantitative estimate of drug-likeness (QED) is 0.634. The maximum absolute atomic E-state index is 12.3. The van der Waals surface area contributed by atoms with Crippen molar-refractivity contribution in [3.63, 3.8) is 0 Å². The average Bonchev–Trinajstić information content (AvgIpc) is 2.62. The lowest BCUT2D eigenvalue weighted by molar-refractivity contribution is 0.111. The van der Waals surface area contributed by atoms with E-state index in [9.17, 15) is 18.0 Å². The van der Waals surface area contributed by atoms with E-state index in [1.54, 1.807) is 11.6 Å². The second kappa shape index (κ2) is 8.35. The van der Waals surface area contributed by atoms with Crippen LogP contribution in [0.4, 0.5) is 10.7 Å². The van der Waals surface area contributed by atoms with E-state index >= 15 is 0 Å². The summed E-state index contributed by atoms with van der Waals surface area (Å²) in [5.41, 5.74) is -0.945. The number of hydrogen-bond acceptors (Lipinski definition) is 9. The van der Waals surface area contributed by atoms with Gasteiger partial charge in [-0.3, -0.25) is 10.1 Å². The molecule has 12 nitrogen and oxygen atoms in total. The molecule has 0 aliphatic heterocycles. The first-order valence-corrected chi connectivity index (χ1v) is 8.95. The number of urea groups is 1. The molecule has 0 fully saturated rings. The molecule has 2 amide bonds. The Morgan fingerprint density at radius 3 is 2.41 bits per heavy atom. The van der Waals surface area contributed by atoms with Crippen LogP contribution in [-0.2, 0) is 10.0 Å². The molecule has 2 aromatic rings. The van der Waals surface area contributed by atoms with Crippen LogP contribution in [0.3, 0.4) is 0 Å². The Labute approximate surface area is 154 Å².